The molecule has 1 fully saturated rings. The number of hydrogen-bond donors (Lipinski definition) is 2. The number of rotatable bonds is 2. The second-order valence-corrected chi connectivity index (χ2v) is 6.52. The van der Waals surface area contributed by atoms with Gasteiger partial charge in [0.15, 0.2) is 0 Å². The second kappa shape index (κ2) is 5.72. The van der Waals surface area contributed by atoms with E-state index in [0.717, 1.165) is 10.0 Å². The van der Waals surface area contributed by atoms with Gasteiger partial charge in [0.2, 0.25) is 0 Å². The maximum Gasteiger partial charge on any atom is 0.134 e. The maximum absolute atomic E-state index is 10.1. The Labute approximate surface area is 119 Å². The van der Waals surface area contributed by atoms with Gasteiger partial charge in [-0.05, 0) is 46.8 Å². The monoisotopic (exact) mass is 361 g/mol. The Kier molecular flexibility index (Phi) is 4.50. The van der Waals surface area contributed by atoms with Crippen LogP contribution in [0.2, 0.25) is 0 Å². The average Bonchev–Trinajstić information content (AvgIpc) is 2.34. The lowest BCUT2D eigenvalue weighted by Gasteiger charge is -2.28. The molecular weight excluding hydrogens is 346 g/mol. The van der Waals surface area contributed by atoms with Gasteiger partial charge in [0.1, 0.15) is 5.75 Å². The van der Waals surface area contributed by atoms with Crippen molar-refractivity contribution in [1.82, 2.24) is 0 Å². The van der Waals surface area contributed by atoms with Crippen molar-refractivity contribution in [3.05, 3.63) is 26.6 Å². The Bertz CT molecular complexity index is 403. The molecule has 0 heterocycles. The summed E-state index contributed by atoms with van der Waals surface area (Å²) < 4.78 is 1.65. The molecule has 2 nitrogen and oxygen atoms in total. The zero-order chi connectivity index (χ0) is 12.4. The summed E-state index contributed by atoms with van der Waals surface area (Å²) in [6.45, 7) is 0. The van der Waals surface area contributed by atoms with Crippen LogP contribution in [-0.2, 0) is 0 Å². The average molecular weight is 363 g/mol. The molecule has 0 aliphatic heterocycles. The Balaban J connectivity index is 2.26. The van der Waals surface area contributed by atoms with Crippen LogP contribution in [-0.4, -0.2) is 5.11 Å². The second-order valence-electron chi connectivity index (χ2n) is 4.75. The summed E-state index contributed by atoms with van der Waals surface area (Å²) in [6.07, 6.45) is 6.18. The predicted molar refractivity (Wildman–Crippen MR) is 77.0 cm³/mol. The van der Waals surface area contributed by atoms with Crippen LogP contribution in [0.1, 0.15) is 43.7 Å². The number of hydrogen-bond acceptors (Lipinski definition) is 2. The van der Waals surface area contributed by atoms with E-state index in [1.165, 1.54) is 32.1 Å². The smallest absolute Gasteiger partial charge is 0.134 e. The number of phenolic OH excluding ortho intramolecular Hbond substituents is 1. The maximum atomic E-state index is 10.1. The van der Waals surface area contributed by atoms with E-state index in [2.05, 4.69) is 31.9 Å². The molecule has 1 aliphatic carbocycles. The van der Waals surface area contributed by atoms with Crippen molar-refractivity contribution in [2.45, 2.75) is 38.1 Å². The fraction of sp³-hybridized carbons (Fsp3) is 0.538. The van der Waals surface area contributed by atoms with Crippen molar-refractivity contribution in [3.63, 3.8) is 0 Å². The van der Waals surface area contributed by atoms with Crippen LogP contribution >= 0.6 is 31.9 Å². The van der Waals surface area contributed by atoms with Crippen LogP contribution in [0.3, 0.4) is 0 Å². The summed E-state index contributed by atoms with van der Waals surface area (Å²) in [4.78, 5) is 0. The quantitative estimate of drug-likeness (QED) is 0.813. The van der Waals surface area contributed by atoms with Gasteiger partial charge in [-0.3, -0.25) is 0 Å². The molecule has 0 radical (unpaired) electrons. The fourth-order valence-electron chi connectivity index (χ4n) is 2.59. The first kappa shape index (κ1) is 13.4. The van der Waals surface area contributed by atoms with E-state index in [9.17, 15) is 5.11 Å². The minimum absolute atomic E-state index is 0.0656. The SMILES string of the molecule is N[C@H](c1cc(Br)cc(Br)c1O)C1CCCCC1. The highest BCUT2D eigenvalue weighted by molar-refractivity contribution is 9.11. The van der Waals surface area contributed by atoms with Gasteiger partial charge in [-0.2, -0.15) is 0 Å². The van der Waals surface area contributed by atoms with E-state index in [0.29, 0.717) is 10.4 Å². The Hall–Kier alpha value is -0.0600. The molecule has 1 aromatic rings. The lowest BCUT2D eigenvalue weighted by molar-refractivity contribution is 0.302. The first-order valence-electron chi connectivity index (χ1n) is 6.03. The van der Waals surface area contributed by atoms with Gasteiger partial charge in [0, 0.05) is 16.1 Å². The van der Waals surface area contributed by atoms with Gasteiger partial charge in [-0.25, -0.2) is 0 Å². The number of benzene rings is 1. The molecule has 17 heavy (non-hydrogen) atoms. The molecular formula is C13H17Br2NO. The summed E-state index contributed by atoms with van der Waals surface area (Å²) in [5.74, 6) is 0.780. The van der Waals surface area contributed by atoms with Crippen LogP contribution in [0.4, 0.5) is 0 Å². The van der Waals surface area contributed by atoms with Gasteiger partial charge < -0.3 is 10.8 Å². The Morgan fingerprint density at radius 3 is 2.47 bits per heavy atom. The first-order chi connectivity index (χ1) is 8.09. The first-order valence-corrected chi connectivity index (χ1v) is 7.61. The standard InChI is InChI=1S/C13H17Br2NO/c14-9-6-10(13(17)11(15)7-9)12(16)8-4-2-1-3-5-8/h6-8,12,17H,1-5,16H2/t12-/m0/s1. The molecule has 2 rings (SSSR count). The molecule has 0 amide bonds. The van der Waals surface area contributed by atoms with E-state index >= 15 is 0 Å². The minimum atomic E-state index is -0.0656. The van der Waals surface area contributed by atoms with Gasteiger partial charge >= 0.3 is 0 Å². The van der Waals surface area contributed by atoms with Crippen LogP contribution in [0.25, 0.3) is 0 Å². The minimum Gasteiger partial charge on any atom is -0.506 e. The summed E-state index contributed by atoms with van der Waals surface area (Å²) in [5, 5.41) is 10.1. The Morgan fingerprint density at radius 2 is 1.82 bits per heavy atom. The topological polar surface area (TPSA) is 46.2 Å². The van der Waals surface area contributed by atoms with Crippen LogP contribution in [0.5, 0.6) is 5.75 Å². The van der Waals surface area contributed by atoms with Crippen molar-refractivity contribution in [3.8, 4) is 5.75 Å². The van der Waals surface area contributed by atoms with E-state index in [1.54, 1.807) is 0 Å². The summed E-state index contributed by atoms with van der Waals surface area (Å²) >= 11 is 6.80. The third kappa shape index (κ3) is 3.04. The van der Waals surface area contributed by atoms with E-state index < -0.39 is 0 Å². The highest BCUT2D eigenvalue weighted by Gasteiger charge is 2.24. The van der Waals surface area contributed by atoms with Crippen molar-refractivity contribution in [2.24, 2.45) is 11.7 Å². The number of halogens is 2. The summed E-state index contributed by atoms with van der Waals surface area (Å²) in [5.41, 5.74) is 7.15. The van der Waals surface area contributed by atoms with Gasteiger partial charge in [-0.15, -0.1) is 0 Å². The normalized spacial score (nSPS) is 19.2. The van der Waals surface area contributed by atoms with Gasteiger partial charge in [0.05, 0.1) is 4.47 Å². The highest BCUT2D eigenvalue weighted by atomic mass is 79.9. The summed E-state index contributed by atoms with van der Waals surface area (Å²) in [7, 11) is 0. The highest BCUT2D eigenvalue weighted by Crippen LogP contribution is 2.40. The number of aromatic hydroxyl groups is 1. The van der Waals surface area contributed by atoms with Crippen molar-refractivity contribution in [2.75, 3.05) is 0 Å². The molecule has 0 aromatic heterocycles. The lowest BCUT2D eigenvalue weighted by Crippen LogP contribution is -2.23. The molecule has 1 atom stereocenters. The van der Waals surface area contributed by atoms with E-state index in [4.69, 9.17) is 5.73 Å². The van der Waals surface area contributed by atoms with Gasteiger partial charge in [-0.1, -0.05) is 35.2 Å². The third-order valence-corrected chi connectivity index (χ3v) is 4.64. The molecule has 1 aliphatic rings. The zero-order valence-electron chi connectivity index (χ0n) is 9.63. The van der Waals surface area contributed by atoms with Crippen molar-refractivity contribution >= 4 is 31.9 Å². The molecule has 3 N–H and O–H groups in total. The summed E-state index contributed by atoms with van der Waals surface area (Å²) in [6, 6.07) is 3.70. The van der Waals surface area contributed by atoms with Crippen LogP contribution < -0.4 is 5.73 Å². The van der Waals surface area contributed by atoms with Crippen LogP contribution in [0.15, 0.2) is 21.1 Å². The number of phenols is 1. The van der Waals surface area contributed by atoms with Crippen LogP contribution in [0, 0.1) is 5.92 Å². The lowest BCUT2D eigenvalue weighted by atomic mass is 9.81. The fourth-order valence-corrected chi connectivity index (χ4v) is 3.85. The van der Waals surface area contributed by atoms with E-state index in [-0.39, 0.29) is 11.8 Å². The molecule has 0 bridgehead atoms. The number of nitrogens with two attached hydrogens (primary N) is 1. The largest absolute Gasteiger partial charge is 0.506 e. The molecule has 94 valence electrons. The third-order valence-electron chi connectivity index (χ3n) is 3.57. The molecule has 1 aromatic carbocycles. The molecule has 0 spiro atoms. The molecule has 0 unspecified atom stereocenters. The van der Waals surface area contributed by atoms with Gasteiger partial charge in [0.25, 0.3) is 0 Å². The molecule has 1 saturated carbocycles. The van der Waals surface area contributed by atoms with Crippen molar-refractivity contribution in [1.29, 1.82) is 0 Å². The molecule has 4 heteroatoms. The van der Waals surface area contributed by atoms with E-state index in [1.807, 2.05) is 12.1 Å². The Morgan fingerprint density at radius 1 is 1.18 bits per heavy atom. The zero-order valence-corrected chi connectivity index (χ0v) is 12.8. The van der Waals surface area contributed by atoms with Crippen molar-refractivity contribution < 1.29 is 5.11 Å². The molecule has 0 saturated heterocycles. The predicted octanol–water partition coefficient (Wildman–Crippen LogP) is 4.50.